The van der Waals surface area contributed by atoms with Gasteiger partial charge in [0.2, 0.25) is 0 Å². The topological polar surface area (TPSA) is 66.6 Å². The fraction of sp³-hybridized carbons (Fsp3) is 0.385. The summed E-state index contributed by atoms with van der Waals surface area (Å²) in [6.45, 7) is 2.07. The van der Waals surface area contributed by atoms with Crippen LogP contribution >= 0.6 is 11.8 Å². The van der Waals surface area contributed by atoms with Crippen molar-refractivity contribution in [1.82, 2.24) is 9.38 Å². The van der Waals surface area contributed by atoms with Crippen molar-refractivity contribution < 1.29 is 9.90 Å². The van der Waals surface area contributed by atoms with E-state index in [2.05, 4.69) is 17.2 Å². The Kier molecular flexibility index (Phi) is 4.31. The molecule has 0 aliphatic heterocycles. The van der Waals surface area contributed by atoms with E-state index in [1.165, 1.54) is 0 Å². The van der Waals surface area contributed by atoms with Crippen molar-refractivity contribution in [1.29, 1.82) is 0 Å². The highest BCUT2D eigenvalue weighted by Crippen LogP contribution is 2.19. The smallest absolute Gasteiger partial charge is 0.356 e. The molecule has 2 heterocycles. The number of aromatic carboxylic acids is 1. The lowest BCUT2D eigenvalue weighted by Gasteiger charge is -2.15. The van der Waals surface area contributed by atoms with Crippen molar-refractivity contribution in [2.75, 3.05) is 17.3 Å². The Bertz CT molecular complexity index is 582. The van der Waals surface area contributed by atoms with Gasteiger partial charge in [0.1, 0.15) is 5.65 Å². The van der Waals surface area contributed by atoms with Crippen LogP contribution in [0, 0.1) is 0 Å². The molecule has 0 aliphatic rings. The summed E-state index contributed by atoms with van der Waals surface area (Å²) < 4.78 is 1.59. The minimum Gasteiger partial charge on any atom is -0.476 e. The van der Waals surface area contributed by atoms with Gasteiger partial charge in [0, 0.05) is 18.0 Å². The molecule has 0 radical (unpaired) electrons. The van der Waals surface area contributed by atoms with Gasteiger partial charge in [-0.1, -0.05) is 13.0 Å². The number of fused-ring (bicyclic) bond motifs is 1. The Morgan fingerprint density at radius 2 is 2.37 bits per heavy atom. The number of pyridine rings is 1. The number of anilines is 1. The van der Waals surface area contributed by atoms with Crippen molar-refractivity contribution in [3.05, 3.63) is 30.1 Å². The predicted octanol–water partition coefficient (Wildman–Crippen LogP) is 2.59. The molecule has 0 saturated carbocycles. The number of thioether (sulfide) groups is 1. The van der Waals surface area contributed by atoms with Crippen LogP contribution in [0.1, 0.15) is 23.8 Å². The minimum atomic E-state index is -0.972. The summed E-state index contributed by atoms with van der Waals surface area (Å²) in [6.07, 6.45) is 4.67. The maximum Gasteiger partial charge on any atom is 0.356 e. The van der Waals surface area contributed by atoms with Crippen molar-refractivity contribution in [3.63, 3.8) is 0 Å². The Morgan fingerprint density at radius 3 is 3.00 bits per heavy atom. The molecule has 1 unspecified atom stereocenters. The van der Waals surface area contributed by atoms with Crippen molar-refractivity contribution in [3.8, 4) is 0 Å². The van der Waals surface area contributed by atoms with E-state index in [1.807, 2.05) is 12.3 Å². The highest BCUT2D eigenvalue weighted by atomic mass is 32.2. The van der Waals surface area contributed by atoms with Gasteiger partial charge < -0.3 is 10.4 Å². The van der Waals surface area contributed by atoms with Gasteiger partial charge >= 0.3 is 5.97 Å². The van der Waals surface area contributed by atoms with Gasteiger partial charge in [-0.05, 0) is 24.8 Å². The molecule has 102 valence electrons. The Hall–Kier alpha value is -1.69. The lowest BCUT2D eigenvalue weighted by molar-refractivity contribution is 0.0690. The van der Waals surface area contributed by atoms with E-state index < -0.39 is 5.97 Å². The van der Waals surface area contributed by atoms with Gasteiger partial charge in [0.15, 0.2) is 11.5 Å². The second kappa shape index (κ2) is 5.97. The molecule has 0 bridgehead atoms. The number of carboxylic acid groups (broad SMARTS) is 1. The molecule has 0 saturated heterocycles. The summed E-state index contributed by atoms with van der Waals surface area (Å²) in [5.41, 5.74) is 0.830. The largest absolute Gasteiger partial charge is 0.476 e. The molecule has 0 aliphatic carbocycles. The lowest BCUT2D eigenvalue weighted by Crippen LogP contribution is -2.22. The van der Waals surface area contributed by atoms with Crippen molar-refractivity contribution in [2.45, 2.75) is 19.4 Å². The minimum absolute atomic E-state index is 0.190. The summed E-state index contributed by atoms with van der Waals surface area (Å²) >= 11 is 1.73. The molecule has 0 aromatic carbocycles. The van der Waals surface area contributed by atoms with Crippen LogP contribution < -0.4 is 5.32 Å². The zero-order chi connectivity index (χ0) is 13.8. The number of nitrogens with one attached hydrogen (secondary N) is 1. The van der Waals surface area contributed by atoms with Crippen LogP contribution in [0.4, 0.5) is 5.82 Å². The van der Waals surface area contributed by atoms with Gasteiger partial charge in [-0.25, -0.2) is 9.78 Å². The third-order valence-electron chi connectivity index (χ3n) is 2.93. The van der Waals surface area contributed by atoms with Crippen LogP contribution in [0.25, 0.3) is 5.65 Å². The second-order valence-electron chi connectivity index (χ2n) is 4.25. The standard InChI is InChI=1S/C13H17N3O2S/c1-3-9(8-19-2)14-12-11(13(17)18)16-7-5-4-6-10(16)15-12/h4-7,9,14H,3,8H2,1-2H3,(H,17,18). The third kappa shape index (κ3) is 2.84. The van der Waals surface area contributed by atoms with Crippen molar-refractivity contribution >= 4 is 29.2 Å². The maximum absolute atomic E-state index is 11.4. The Labute approximate surface area is 116 Å². The molecule has 2 aromatic heterocycles. The first-order chi connectivity index (χ1) is 9.17. The SMILES string of the molecule is CCC(CSC)Nc1nc2ccccn2c1C(=O)O. The van der Waals surface area contributed by atoms with Gasteiger partial charge in [-0.15, -0.1) is 0 Å². The number of carbonyl (C=O) groups is 1. The van der Waals surface area contributed by atoms with E-state index in [0.717, 1.165) is 12.2 Å². The summed E-state index contributed by atoms with van der Waals surface area (Å²) in [7, 11) is 0. The highest BCUT2D eigenvalue weighted by molar-refractivity contribution is 7.98. The van der Waals surface area contributed by atoms with Crippen LogP contribution in [-0.4, -0.2) is 38.5 Å². The molecule has 0 fully saturated rings. The zero-order valence-corrected chi connectivity index (χ0v) is 11.8. The van der Waals surface area contributed by atoms with E-state index in [1.54, 1.807) is 34.5 Å². The number of rotatable bonds is 6. The summed E-state index contributed by atoms with van der Waals surface area (Å²) in [4.78, 5) is 15.8. The number of imidazole rings is 1. The number of carboxylic acids is 1. The second-order valence-corrected chi connectivity index (χ2v) is 5.16. The van der Waals surface area contributed by atoms with E-state index in [0.29, 0.717) is 11.5 Å². The number of hydrogen-bond acceptors (Lipinski definition) is 4. The van der Waals surface area contributed by atoms with Crippen LogP contribution in [0.3, 0.4) is 0 Å². The van der Waals surface area contributed by atoms with Gasteiger partial charge in [0.25, 0.3) is 0 Å². The number of hydrogen-bond donors (Lipinski definition) is 2. The summed E-state index contributed by atoms with van der Waals surface area (Å²) in [5.74, 6) is 0.392. The monoisotopic (exact) mass is 279 g/mol. The summed E-state index contributed by atoms with van der Waals surface area (Å²) in [5, 5.41) is 12.6. The molecule has 5 nitrogen and oxygen atoms in total. The first-order valence-electron chi connectivity index (χ1n) is 6.13. The van der Waals surface area contributed by atoms with E-state index >= 15 is 0 Å². The van der Waals surface area contributed by atoms with Crippen LogP contribution in [0.15, 0.2) is 24.4 Å². The first kappa shape index (κ1) is 13.7. The molecular weight excluding hydrogens is 262 g/mol. The number of aromatic nitrogens is 2. The predicted molar refractivity (Wildman–Crippen MR) is 78.2 cm³/mol. The lowest BCUT2D eigenvalue weighted by atomic mass is 10.2. The number of nitrogens with zero attached hydrogens (tertiary/aromatic N) is 2. The molecule has 2 N–H and O–H groups in total. The van der Waals surface area contributed by atoms with Gasteiger partial charge in [0.05, 0.1) is 0 Å². The normalized spacial score (nSPS) is 12.5. The molecule has 19 heavy (non-hydrogen) atoms. The maximum atomic E-state index is 11.4. The van der Waals surface area contributed by atoms with Crippen LogP contribution in [0.5, 0.6) is 0 Å². The Morgan fingerprint density at radius 1 is 1.58 bits per heavy atom. The first-order valence-corrected chi connectivity index (χ1v) is 7.52. The zero-order valence-electron chi connectivity index (χ0n) is 11.0. The average molecular weight is 279 g/mol. The third-order valence-corrected chi connectivity index (χ3v) is 3.67. The van der Waals surface area contributed by atoms with Crippen LogP contribution in [0.2, 0.25) is 0 Å². The fourth-order valence-electron chi connectivity index (χ4n) is 1.96. The van der Waals surface area contributed by atoms with E-state index in [9.17, 15) is 9.90 Å². The molecule has 2 rings (SSSR count). The van der Waals surface area contributed by atoms with E-state index in [4.69, 9.17) is 0 Å². The fourth-order valence-corrected chi connectivity index (χ4v) is 2.68. The quantitative estimate of drug-likeness (QED) is 0.850. The molecular formula is C13H17N3O2S. The van der Waals surface area contributed by atoms with Crippen LogP contribution in [-0.2, 0) is 0 Å². The molecule has 0 amide bonds. The van der Waals surface area contributed by atoms with Gasteiger partial charge in [-0.2, -0.15) is 11.8 Å². The molecule has 6 heteroatoms. The summed E-state index contributed by atoms with van der Waals surface area (Å²) in [6, 6.07) is 5.66. The average Bonchev–Trinajstić information content (AvgIpc) is 2.76. The van der Waals surface area contributed by atoms with Crippen molar-refractivity contribution in [2.24, 2.45) is 0 Å². The van der Waals surface area contributed by atoms with Gasteiger partial charge in [-0.3, -0.25) is 4.40 Å². The Balaban J connectivity index is 2.41. The molecule has 0 spiro atoms. The molecule has 1 atom stereocenters. The van der Waals surface area contributed by atoms with E-state index in [-0.39, 0.29) is 11.7 Å². The molecule has 2 aromatic rings. The highest BCUT2D eigenvalue weighted by Gasteiger charge is 2.20.